The minimum atomic E-state index is -0.799. The van der Waals surface area contributed by atoms with Crippen LogP contribution >= 0.6 is 15.9 Å². The van der Waals surface area contributed by atoms with Crippen LogP contribution in [0.15, 0.2) is 22.7 Å². The Morgan fingerprint density at radius 1 is 1.54 bits per heavy atom. The predicted octanol–water partition coefficient (Wildman–Crippen LogP) is 1.19. The van der Waals surface area contributed by atoms with Crippen LogP contribution in [-0.4, -0.2) is 21.0 Å². The zero-order chi connectivity index (χ0) is 9.42. The lowest BCUT2D eigenvalue weighted by atomic mass is 10.3. The number of benzene rings is 1. The number of aromatic amines is 1. The molecule has 13 heavy (non-hydrogen) atoms. The normalized spacial score (nSPS) is 10.5. The van der Waals surface area contributed by atoms with Crippen LogP contribution in [0.3, 0.4) is 0 Å². The lowest BCUT2D eigenvalue weighted by Crippen LogP contribution is -1.97. The fourth-order valence-electron chi connectivity index (χ4n) is 1.09. The van der Waals surface area contributed by atoms with Gasteiger partial charge in [0, 0.05) is 4.47 Å². The molecule has 1 heterocycles. The third-order valence-corrected chi connectivity index (χ3v) is 2.15. The van der Waals surface area contributed by atoms with Crippen LogP contribution in [0.1, 0.15) is 10.6 Å². The molecule has 0 unspecified atom stereocenters. The molecule has 0 aliphatic carbocycles. The summed E-state index contributed by atoms with van der Waals surface area (Å²) in [6, 6.07) is 5.43. The maximum Gasteiger partial charge on any atom is 0.585 e. The van der Waals surface area contributed by atoms with Gasteiger partial charge in [0.2, 0.25) is 0 Å². The number of aromatic nitrogens is 2. The van der Waals surface area contributed by atoms with Gasteiger partial charge in [0.15, 0.2) is 0 Å². The van der Waals surface area contributed by atoms with Crippen molar-refractivity contribution < 1.29 is 9.90 Å². The molecule has 3 N–H and O–H groups in total. The number of carbonyl (C=O) groups is 1. The zero-order valence-corrected chi connectivity index (χ0v) is 8.05. The minimum Gasteiger partial charge on any atom is -0.559 e. The first-order chi connectivity index (χ1) is 6.16. The third kappa shape index (κ3) is 1.42. The highest BCUT2D eigenvalue weighted by molar-refractivity contribution is 9.10. The smallest absolute Gasteiger partial charge is 0.559 e. The molecule has 0 bridgehead atoms. The van der Waals surface area contributed by atoms with Crippen molar-refractivity contribution in [2.45, 2.75) is 0 Å². The van der Waals surface area contributed by atoms with E-state index < -0.39 is 5.97 Å². The maximum atomic E-state index is 10.7. The highest BCUT2D eigenvalue weighted by atomic mass is 79.9. The molecule has 0 atom stereocenters. The Morgan fingerprint density at radius 2 is 2.31 bits per heavy atom. The molecule has 0 radical (unpaired) electrons. The average Bonchev–Trinajstić information content (AvgIpc) is 2.46. The number of hydrogen-bond donors (Lipinski definition) is 1. The summed E-state index contributed by atoms with van der Waals surface area (Å²) in [6.45, 7) is 0. The van der Waals surface area contributed by atoms with Crippen LogP contribution in [0, 0.1) is 0 Å². The quantitative estimate of drug-likeness (QED) is 0.763. The van der Waals surface area contributed by atoms with E-state index >= 15 is 0 Å². The van der Waals surface area contributed by atoms with E-state index in [1.165, 1.54) is 0 Å². The van der Waals surface area contributed by atoms with Crippen molar-refractivity contribution in [1.29, 1.82) is 0 Å². The van der Waals surface area contributed by atoms with E-state index in [0.717, 1.165) is 9.99 Å². The summed E-state index contributed by atoms with van der Waals surface area (Å²) in [5, 5.41) is 6.86. The second-order valence-electron chi connectivity index (χ2n) is 2.58. The fraction of sp³-hybridized carbons (Fsp3) is 0. The van der Waals surface area contributed by atoms with Gasteiger partial charge in [-0.2, -0.15) is 0 Å². The molecule has 1 aromatic carbocycles. The van der Waals surface area contributed by atoms with E-state index in [4.69, 9.17) is 5.11 Å². The number of H-pyrrole nitrogens is 1. The van der Waals surface area contributed by atoms with Gasteiger partial charge < -0.3 is 10.1 Å². The summed E-state index contributed by atoms with van der Waals surface area (Å²) in [4.78, 5) is 17.4. The van der Waals surface area contributed by atoms with E-state index in [2.05, 4.69) is 25.9 Å². The number of carbonyl (C=O) groups excluding carboxylic acids is 1. The Hall–Kier alpha value is -1.36. The lowest BCUT2D eigenvalue weighted by molar-refractivity contribution is 0.0685. The topological polar surface area (TPSA) is 68.7 Å². The van der Waals surface area contributed by atoms with Gasteiger partial charge in [-0.15, -0.1) is 0 Å². The van der Waals surface area contributed by atoms with Crippen molar-refractivity contribution in [2.24, 2.45) is 0 Å². The van der Waals surface area contributed by atoms with Crippen LogP contribution < -0.4 is 0 Å². The number of imidazole rings is 1. The van der Waals surface area contributed by atoms with E-state index in [-0.39, 0.29) is 5.82 Å². The summed E-state index contributed by atoms with van der Waals surface area (Å²) in [5.74, 6) is -0.722. The van der Waals surface area contributed by atoms with Gasteiger partial charge in [0.1, 0.15) is 0 Å². The second kappa shape index (κ2) is 2.85. The molecule has 2 aromatic rings. The van der Waals surface area contributed by atoms with Crippen molar-refractivity contribution in [3.05, 3.63) is 28.5 Å². The maximum absolute atomic E-state index is 10.7. The molecule has 0 amide bonds. The Balaban J connectivity index is 2.68. The van der Waals surface area contributed by atoms with Gasteiger partial charge in [-0.1, -0.05) is 15.9 Å². The zero-order valence-electron chi connectivity index (χ0n) is 6.47. The molecule has 0 aliphatic heterocycles. The molecule has 5 heteroatoms. The van der Waals surface area contributed by atoms with Crippen molar-refractivity contribution in [3.8, 4) is 0 Å². The molecular weight excluding hydrogens is 236 g/mol. The molecule has 0 aliphatic rings. The summed E-state index contributed by atoms with van der Waals surface area (Å²) in [6.07, 6.45) is 0. The van der Waals surface area contributed by atoms with Crippen LogP contribution in [0.25, 0.3) is 11.0 Å². The first kappa shape index (κ1) is 8.25. The average molecular weight is 242 g/mol. The van der Waals surface area contributed by atoms with Gasteiger partial charge in [0.05, 0.1) is 15.8 Å². The Bertz CT molecular complexity index is 478. The number of rotatable bonds is 1. The lowest BCUT2D eigenvalue weighted by Gasteiger charge is -1.87. The molecule has 2 rings (SSSR count). The van der Waals surface area contributed by atoms with Crippen LogP contribution in [0.2, 0.25) is 0 Å². The van der Waals surface area contributed by atoms with Crippen LogP contribution in [0.4, 0.5) is 0 Å². The third-order valence-electron chi connectivity index (χ3n) is 1.66. The Morgan fingerprint density at radius 3 is 3.00 bits per heavy atom. The molecule has 0 spiro atoms. The number of nitrogens with zero attached hydrogens (tertiary/aromatic N) is 1. The molecule has 66 valence electrons. The first-order valence-electron chi connectivity index (χ1n) is 3.58. The van der Waals surface area contributed by atoms with E-state index in [9.17, 15) is 4.79 Å². The molecular formula is C8H6BrN2O2+. The van der Waals surface area contributed by atoms with E-state index in [1.807, 2.05) is 12.1 Å². The van der Waals surface area contributed by atoms with Crippen molar-refractivity contribution in [2.75, 3.05) is 0 Å². The fourth-order valence-corrected chi connectivity index (χ4v) is 1.45. The summed E-state index contributed by atoms with van der Waals surface area (Å²) < 4.78 is 0.910. The SMILES string of the molecule is O=C([OH2+])c1nc2ccc(Br)cc2[nH]1. The van der Waals surface area contributed by atoms with Gasteiger partial charge >= 0.3 is 5.97 Å². The monoisotopic (exact) mass is 241 g/mol. The van der Waals surface area contributed by atoms with Crippen LogP contribution in [-0.2, 0) is 0 Å². The Labute approximate surface area is 81.7 Å². The van der Waals surface area contributed by atoms with Gasteiger partial charge in [-0.3, -0.25) is 0 Å². The van der Waals surface area contributed by atoms with E-state index in [0.29, 0.717) is 5.52 Å². The van der Waals surface area contributed by atoms with Gasteiger partial charge in [-0.05, 0) is 18.2 Å². The predicted molar refractivity (Wildman–Crippen MR) is 51.7 cm³/mol. The summed E-state index contributed by atoms with van der Waals surface area (Å²) in [7, 11) is 0. The molecule has 0 fully saturated rings. The van der Waals surface area contributed by atoms with Crippen molar-refractivity contribution >= 4 is 32.9 Å². The standard InChI is InChI=1S/C8H5BrN2O2/c9-4-1-2-5-6(3-4)11-7(10-5)8(12)13/h1-3H,(H,10,11)(H,12,13)/p+1. The number of nitrogens with one attached hydrogen (secondary N) is 1. The second-order valence-corrected chi connectivity index (χ2v) is 3.49. The largest absolute Gasteiger partial charge is 0.585 e. The first-order valence-corrected chi connectivity index (χ1v) is 4.37. The molecule has 0 saturated carbocycles. The molecule has 1 aromatic heterocycles. The molecule has 0 saturated heterocycles. The number of fused-ring (bicyclic) bond motifs is 1. The summed E-state index contributed by atoms with van der Waals surface area (Å²) in [5.41, 5.74) is 1.45. The summed E-state index contributed by atoms with van der Waals surface area (Å²) >= 11 is 3.30. The van der Waals surface area contributed by atoms with Crippen molar-refractivity contribution in [3.63, 3.8) is 0 Å². The number of hydrogen-bond acceptors (Lipinski definition) is 2. The highest BCUT2D eigenvalue weighted by Crippen LogP contribution is 2.17. The number of halogens is 1. The van der Waals surface area contributed by atoms with Gasteiger partial charge in [-0.25, -0.2) is 4.98 Å². The Kier molecular flexibility index (Phi) is 1.81. The highest BCUT2D eigenvalue weighted by Gasteiger charge is 2.16. The minimum absolute atomic E-state index is 0.0769. The van der Waals surface area contributed by atoms with E-state index in [1.54, 1.807) is 6.07 Å². The van der Waals surface area contributed by atoms with Crippen molar-refractivity contribution in [1.82, 2.24) is 9.97 Å². The molecule has 4 nitrogen and oxygen atoms in total. The van der Waals surface area contributed by atoms with Gasteiger partial charge in [0.25, 0.3) is 5.82 Å². The van der Waals surface area contributed by atoms with Crippen LogP contribution in [0.5, 0.6) is 0 Å².